The maximum Gasteiger partial charge on any atom is 0.187 e. The molecule has 3 rings (SSSR count). The fourth-order valence-electron chi connectivity index (χ4n) is 1.98. The maximum atomic E-state index is 6.27. The number of anilines is 1. The van der Waals surface area contributed by atoms with Gasteiger partial charge in [-0.2, -0.15) is 4.68 Å². The van der Waals surface area contributed by atoms with Gasteiger partial charge in [0.25, 0.3) is 0 Å². The second-order valence-electron chi connectivity index (χ2n) is 4.61. The third-order valence-corrected chi connectivity index (χ3v) is 3.69. The zero-order valence-electron chi connectivity index (χ0n) is 11.1. The van der Waals surface area contributed by atoms with Crippen molar-refractivity contribution in [3.05, 3.63) is 52.0 Å². The molecule has 0 fully saturated rings. The Morgan fingerprint density at radius 2 is 1.86 bits per heavy atom. The van der Waals surface area contributed by atoms with E-state index in [4.69, 9.17) is 28.9 Å². The molecule has 2 N–H and O–H groups in total. The molecule has 5 nitrogen and oxygen atoms in total. The molecule has 0 unspecified atom stereocenters. The highest BCUT2D eigenvalue weighted by atomic mass is 35.5. The van der Waals surface area contributed by atoms with Crippen molar-refractivity contribution in [2.45, 2.75) is 6.92 Å². The molecule has 106 valence electrons. The van der Waals surface area contributed by atoms with Crippen molar-refractivity contribution in [2.75, 3.05) is 5.73 Å². The fourth-order valence-corrected chi connectivity index (χ4v) is 2.47. The molecule has 1 heterocycles. The van der Waals surface area contributed by atoms with Crippen LogP contribution in [0.5, 0.6) is 0 Å². The number of hydrogen-bond acceptors (Lipinski definition) is 4. The van der Waals surface area contributed by atoms with Gasteiger partial charge in [-0.05, 0) is 53.2 Å². The molecule has 0 saturated heterocycles. The van der Waals surface area contributed by atoms with Gasteiger partial charge in [0.05, 0.1) is 21.4 Å². The lowest BCUT2D eigenvalue weighted by Crippen LogP contribution is -2.01. The Morgan fingerprint density at radius 1 is 1.05 bits per heavy atom. The minimum atomic E-state index is 0.456. The van der Waals surface area contributed by atoms with Gasteiger partial charge in [-0.15, -0.1) is 5.10 Å². The number of rotatable bonds is 2. The van der Waals surface area contributed by atoms with Gasteiger partial charge < -0.3 is 5.73 Å². The van der Waals surface area contributed by atoms with Crippen LogP contribution in [0.4, 0.5) is 5.69 Å². The zero-order chi connectivity index (χ0) is 15.0. The molecule has 0 aliphatic carbocycles. The molecular formula is C14H11Cl2N5. The van der Waals surface area contributed by atoms with E-state index >= 15 is 0 Å². The van der Waals surface area contributed by atoms with Crippen molar-refractivity contribution in [2.24, 2.45) is 0 Å². The number of benzene rings is 2. The number of halogens is 2. The molecule has 1 aromatic heterocycles. The van der Waals surface area contributed by atoms with Gasteiger partial charge in [0.1, 0.15) is 0 Å². The third-order valence-electron chi connectivity index (χ3n) is 3.06. The summed E-state index contributed by atoms with van der Waals surface area (Å²) in [6.07, 6.45) is 0. The second kappa shape index (κ2) is 5.35. The normalized spacial score (nSPS) is 10.8. The summed E-state index contributed by atoms with van der Waals surface area (Å²) < 4.78 is 1.57. The molecule has 0 radical (unpaired) electrons. The largest absolute Gasteiger partial charge is 0.398 e. The van der Waals surface area contributed by atoms with Crippen LogP contribution in [-0.4, -0.2) is 20.2 Å². The predicted molar refractivity (Wildman–Crippen MR) is 83.8 cm³/mol. The van der Waals surface area contributed by atoms with E-state index in [0.29, 0.717) is 27.2 Å². The van der Waals surface area contributed by atoms with Gasteiger partial charge in [-0.3, -0.25) is 0 Å². The van der Waals surface area contributed by atoms with Gasteiger partial charge in [0.2, 0.25) is 0 Å². The quantitative estimate of drug-likeness (QED) is 0.733. The van der Waals surface area contributed by atoms with Crippen LogP contribution in [0.1, 0.15) is 5.56 Å². The lowest BCUT2D eigenvalue weighted by atomic mass is 10.2. The Morgan fingerprint density at radius 3 is 2.57 bits per heavy atom. The maximum absolute atomic E-state index is 6.27. The Balaban J connectivity index is 2.14. The second-order valence-corrected chi connectivity index (χ2v) is 5.42. The highest BCUT2D eigenvalue weighted by Gasteiger charge is 2.14. The monoisotopic (exact) mass is 319 g/mol. The van der Waals surface area contributed by atoms with E-state index in [9.17, 15) is 0 Å². The summed E-state index contributed by atoms with van der Waals surface area (Å²) in [5.74, 6) is 0.544. The summed E-state index contributed by atoms with van der Waals surface area (Å²) in [5.41, 5.74) is 8.76. The lowest BCUT2D eigenvalue weighted by Gasteiger charge is -2.08. The molecule has 0 aliphatic rings. The van der Waals surface area contributed by atoms with E-state index in [0.717, 1.165) is 11.1 Å². The number of aromatic nitrogens is 4. The number of nitrogens with zero attached hydrogens (tertiary/aromatic N) is 4. The van der Waals surface area contributed by atoms with Gasteiger partial charge in [0, 0.05) is 5.56 Å². The van der Waals surface area contributed by atoms with E-state index in [1.54, 1.807) is 16.8 Å². The van der Waals surface area contributed by atoms with Crippen LogP contribution in [0.3, 0.4) is 0 Å². The summed E-state index contributed by atoms with van der Waals surface area (Å²) in [5, 5.41) is 12.8. The summed E-state index contributed by atoms with van der Waals surface area (Å²) in [7, 11) is 0. The summed E-state index contributed by atoms with van der Waals surface area (Å²) in [6, 6.07) is 10.9. The minimum absolute atomic E-state index is 0.456. The Labute approximate surface area is 131 Å². The average Bonchev–Trinajstić information content (AvgIpc) is 2.91. The summed E-state index contributed by atoms with van der Waals surface area (Å²) >= 11 is 12.3. The van der Waals surface area contributed by atoms with Crippen LogP contribution in [-0.2, 0) is 0 Å². The Bertz CT molecular complexity index is 813. The van der Waals surface area contributed by atoms with Crippen molar-refractivity contribution < 1.29 is 0 Å². The van der Waals surface area contributed by atoms with Gasteiger partial charge >= 0.3 is 0 Å². The van der Waals surface area contributed by atoms with E-state index in [-0.39, 0.29) is 0 Å². The van der Waals surface area contributed by atoms with Crippen molar-refractivity contribution in [1.29, 1.82) is 0 Å². The molecule has 3 aromatic rings. The predicted octanol–water partition coefficient (Wildman–Crippen LogP) is 3.53. The lowest BCUT2D eigenvalue weighted by molar-refractivity contribution is 0.791. The van der Waals surface area contributed by atoms with E-state index < -0.39 is 0 Å². The Hall–Kier alpha value is -2.11. The van der Waals surface area contributed by atoms with E-state index in [2.05, 4.69) is 15.5 Å². The highest BCUT2D eigenvalue weighted by molar-refractivity contribution is 6.33. The number of tetrazole rings is 1. The Kier molecular flexibility index (Phi) is 3.53. The summed E-state index contributed by atoms with van der Waals surface area (Å²) in [6.45, 7) is 1.97. The fraction of sp³-hybridized carbons (Fsp3) is 0.0714. The van der Waals surface area contributed by atoms with Crippen LogP contribution >= 0.6 is 23.2 Å². The number of nitrogen functional groups attached to an aromatic ring is 1. The first-order valence-corrected chi connectivity index (χ1v) is 6.92. The smallest absolute Gasteiger partial charge is 0.187 e. The zero-order valence-corrected chi connectivity index (χ0v) is 12.6. The van der Waals surface area contributed by atoms with Crippen LogP contribution in [0, 0.1) is 6.92 Å². The average molecular weight is 320 g/mol. The number of hydrogen-bond donors (Lipinski definition) is 1. The van der Waals surface area contributed by atoms with Crippen LogP contribution in [0.2, 0.25) is 10.0 Å². The standard InChI is InChI=1S/C14H11Cl2N5/c1-8-2-5-13(11(16)6-8)21-14(18-19-20-21)9-3-4-12(17)10(15)7-9/h2-7H,17H2,1H3. The third kappa shape index (κ3) is 2.57. The molecular weight excluding hydrogens is 309 g/mol. The highest BCUT2D eigenvalue weighted by Crippen LogP contribution is 2.28. The summed E-state index contributed by atoms with van der Waals surface area (Å²) in [4.78, 5) is 0. The molecule has 0 bridgehead atoms. The molecule has 0 amide bonds. The first-order chi connectivity index (χ1) is 10.1. The molecule has 2 aromatic carbocycles. The van der Waals surface area contributed by atoms with Crippen LogP contribution in [0.15, 0.2) is 36.4 Å². The molecule has 0 atom stereocenters. The topological polar surface area (TPSA) is 69.6 Å². The van der Waals surface area contributed by atoms with Crippen LogP contribution < -0.4 is 5.73 Å². The van der Waals surface area contributed by atoms with Crippen molar-refractivity contribution in [1.82, 2.24) is 20.2 Å². The van der Waals surface area contributed by atoms with Crippen LogP contribution in [0.25, 0.3) is 17.1 Å². The molecule has 7 heteroatoms. The SMILES string of the molecule is Cc1ccc(-n2nnnc2-c2ccc(N)c(Cl)c2)c(Cl)c1. The molecule has 0 saturated carbocycles. The minimum Gasteiger partial charge on any atom is -0.398 e. The van der Waals surface area contributed by atoms with Gasteiger partial charge in [-0.25, -0.2) is 0 Å². The first kappa shape index (κ1) is 13.9. The van der Waals surface area contributed by atoms with Crippen molar-refractivity contribution in [3.8, 4) is 17.1 Å². The molecule has 0 aliphatic heterocycles. The number of aryl methyl sites for hydroxylation is 1. The van der Waals surface area contributed by atoms with E-state index in [1.807, 2.05) is 31.2 Å². The van der Waals surface area contributed by atoms with Gasteiger partial charge in [0.15, 0.2) is 5.82 Å². The first-order valence-electron chi connectivity index (χ1n) is 6.16. The van der Waals surface area contributed by atoms with Crippen molar-refractivity contribution in [3.63, 3.8) is 0 Å². The molecule has 21 heavy (non-hydrogen) atoms. The van der Waals surface area contributed by atoms with E-state index in [1.165, 1.54) is 0 Å². The number of nitrogens with two attached hydrogens (primary N) is 1. The van der Waals surface area contributed by atoms with Gasteiger partial charge in [-0.1, -0.05) is 29.3 Å². The molecule has 0 spiro atoms. The van der Waals surface area contributed by atoms with Crippen molar-refractivity contribution >= 4 is 28.9 Å².